The number of hydrogen-bond acceptors (Lipinski definition) is 5. The Balaban J connectivity index is 1.89. The molecule has 6 nitrogen and oxygen atoms in total. The third kappa shape index (κ3) is 5.64. The third-order valence-corrected chi connectivity index (χ3v) is 4.64. The van der Waals surface area contributed by atoms with Gasteiger partial charge in [0.15, 0.2) is 17.6 Å². The summed E-state index contributed by atoms with van der Waals surface area (Å²) in [4.78, 5) is 24.5. The largest absolute Gasteiger partial charge is 0.493 e. The van der Waals surface area contributed by atoms with Crippen LogP contribution in [0.2, 0.25) is 0 Å². The molecule has 1 aliphatic rings. The molecule has 0 aliphatic heterocycles. The van der Waals surface area contributed by atoms with Crippen molar-refractivity contribution in [3.05, 3.63) is 23.8 Å². The Kier molecular flexibility index (Phi) is 7.75. The Hall–Kier alpha value is -2.24. The Morgan fingerprint density at radius 1 is 1.19 bits per heavy atom. The van der Waals surface area contributed by atoms with Crippen LogP contribution in [0.1, 0.15) is 56.3 Å². The molecule has 1 fully saturated rings. The summed E-state index contributed by atoms with van der Waals surface area (Å²) in [6.45, 7) is 4.54. The number of carbonyl (C=O) groups is 2. The van der Waals surface area contributed by atoms with Crippen LogP contribution >= 0.6 is 0 Å². The molecule has 144 valence electrons. The summed E-state index contributed by atoms with van der Waals surface area (Å²) in [5.74, 6) is 0.725. The van der Waals surface area contributed by atoms with Gasteiger partial charge < -0.3 is 19.5 Å². The molecule has 0 aromatic heterocycles. The number of carbonyl (C=O) groups excluding carboxylic acids is 2. The van der Waals surface area contributed by atoms with Gasteiger partial charge in [-0.2, -0.15) is 0 Å². The maximum absolute atomic E-state index is 12.3. The summed E-state index contributed by atoms with van der Waals surface area (Å²) in [6.07, 6.45) is 5.20. The molecule has 0 radical (unpaired) electrons. The molecular formula is C20H29NO5. The molecule has 0 spiro atoms. The second-order valence-electron chi connectivity index (χ2n) is 6.60. The first kappa shape index (κ1) is 20.1. The summed E-state index contributed by atoms with van der Waals surface area (Å²) in [6, 6.07) is 4.81. The van der Waals surface area contributed by atoms with Crippen LogP contribution in [0.25, 0.3) is 0 Å². The van der Waals surface area contributed by atoms with E-state index in [2.05, 4.69) is 5.32 Å². The fraction of sp³-hybridized carbons (Fsp3) is 0.600. The summed E-state index contributed by atoms with van der Waals surface area (Å²) < 4.78 is 16.0. The average Bonchev–Trinajstić information content (AvgIpc) is 2.67. The molecule has 1 aromatic rings. The van der Waals surface area contributed by atoms with Gasteiger partial charge in [-0.15, -0.1) is 0 Å². The smallest absolute Gasteiger partial charge is 0.339 e. The first-order valence-corrected chi connectivity index (χ1v) is 9.34. The molecule has 0 saturated heterocycles. The number of amides is 1. The number of methoxy groups -OCH3 is 1. The minimum absolute atomic E-state index is 0.262. The lowest BCUT2D eigenvalue weighted by Gasteiger charge is -2.22. The van der Waals surface area contributed by atoms with Crippen LogP contribution in [0, 0.1) is 5.92 Å². The summed E-state index contributed by atoms with van der Waals surface area (Å²) in [7, 11) is 1.54. The molecule has 1 aromatic carbocycles. The number of nitrogens with one attached hydrogen (secondary N) is 1. The number of hydrogen-bond donors (Lipinski definition) is 1. The normalized spacial score (nSPS) is 15.8. The van der Waals surface area contributed by atoms with Gasteiger partial charge in [0.25, 0.3) is 5.91 Å². The average molecular weight is 363 g/mol. The lowest BCUT2D eigenvalue weighted by molar-refractivity contribution is -0.129. The molecule has 0 unspecified atom stereocenters. The van der Waals surface area contributed by atoms with Crippen LogP contribution in [-0.2, 0) is 9.53 Å². The summed E-state index contributed by atoms with van der Waals surface area (Å²) in [5.41, 5.74) is 0.321. The molecule has 1 N–H and O–H groups in total. The number of ether oxygens (including phenoxy) is 3. The quantitative estimate of drug-likeness (QED) is 0.717. The Morgan fingerprint density at radius 2 is 1.92 bits per heavy atom. The minimum Gasteiger partial charge on any atom is -0.493 e. The Bertz CT molecular complexity index is 610. The van der Waals surface area contributed by atoms with E-state index in [9.17, 15) is 9.59 Å². The van der Waals surface area contributed by atoms with Crippen molar-refractivity contribution in [3.63, 3.8) is 0 Å². The van der Waals surface area contributed by atoms with Crippen molar-refractivity contribution < 1.29 is 23.8 Å². The molecule has 1 amide bonds. The maximum Gasteiger partial charge on any atom is 0.339 e. The second kappa shape index (κ2) is 10.0. The number of rotatable bonds is 8. The third-order valence-electron chi connectivity index (χ3n) is 4.64. The highest BCUT2D eigenvalue weighted by Gasteiger charge is 2.21. The number of benzene rings is 1. The van der Waals surface area contributed by atoms with Crippen LogP contribution in [-0.4, -0.2) is 38.2 Å². The second-order valence-corrected chi connectivity index (χ2v) is 6.60. The van der Waals surface area contributed by atoms with Crippen molar-refractivity contribution in [1.29, 1.82) is 0 Å². The fourth-order valence-electron chi connectivity index (χ4n) is 3.13. The summed E-state index contributed by atoms with van der Waals surface area (Å²) >= 11 is 0. The van der Waals surface area contributed by atoms with E-state index < -0.39 is 12.1 Å². The van der Waals surface area contributed by atoms with Crippen molar-refractivity contribution in [2.24, 2.45) is 5.92 Å². The van der Waals surface area contributed by atoms with Crippen LogP contribution in [0.4, 0.5) is 0 Å². The SMILES string of the molecule is CCOc1cc(C(=O)O[C@@H](C)C(=O)NCC2CCCCC2)ccc1OC. The molecule has 0 bridgehead atoms. The van der Waals surface area contributed by atoms with E-state index in [1.165, 1.54) is 26.4 Å². The highest BCUT2D eigenvalue weighted by molar-refractivity contribution is 5.92. The van der Waals surface area contributed by atoms with Gasteiger partial charge in [-0.3, -0.25) is 4.79 Å². The summed E-state index contributed by atoms with van der Waals surface area (Å²) in [5, 5.41) is 2.90. The minimum atomic E-state index is -0.844. The van der Waals surface area contributed by atoms with Gasteiger partial charge in [-0.25, -0.2) is 4.79 Å². The van der Waals surface area contributed by atoms with Crippen molar-refractivity contribution in [2.75, 3.05) is 20.3 Å². The van der Waals surface area contributed by atoms with Crippen molar-refractivity contribution in [3.8, 4) is 11.5 Å². The van der Waals surface area contributed by atoms with Crippen molar-refractivity contribution >= 4 is 11.9 Å². The van der Waals surface area contributed by atoms with E-state index >= 15 is 0 Å². The van der Waals surface area contributed by atoms with Gasteiger partial charge in [0.2, 0.25) is 0 Å². The predicted molar refractivity (Wildman–Crippen MR) is 98.6 cm³/mol. The molecule has 6 heteroatoms. The Labute approximate surface area is 155 Å². The molecule has 1 saturated carbocycles. The fourth-order valence-corrected chi connectivity index (χ4v) is 3.13. The van der Waals surface area contributed by atoms with E-state index in [-0.39, 0.29) is 5.91 Å². The van der Waals surface area contributed by atoms with Crippen molar-refractivity contribution in [1.82, 2.24) is 5.32 Å². The van der Waals surface area contributed by atoms with E-state index in [1.54, 1.807) is 25.1 Å². The predicted octanol–water partition coefficient (Wildman–Crippen LogP) is 3.34. The zero-order valence-corrected chi connectivity index (χ0v) is 15.9. The van der Waals surface area contributed by atoms with Crippen LogP contribution in [0.3, 0.4) is 0 Å². The van der Waals surface area contributed by atoms with E-state index in [4.69, 9.17) is 14.2 Å². The first-order valence-electron chi connectivity index (χ1n) is 9.34. The van der Waals surface area contributed by atoms with Gasteiger partial charge >= 0.3 is 5.97 Å². The van der Waals surface area contributed by atoms with Gasteiger partial charge in [0.1, 0.15) is 0 Å². The van der Waals surface area contributed by atoms with Gasteiger partial charge in [-0.05, 0) is 50.8 Å². The highest BCUT2D eigenvalue weighted by atomic mass is 16.5. The van der Waals surface area contributed by atoms with Gasteiger partial charge in [0, 0.05) is 6.54 Å². The van der Waals surface area contributed by atoms with E-state index in [1.807, 2.05) is 6.92 Å². The zero-order valence-electron chi connectivity index (χ0n) is 15.9. The maximum atomic E-state index is 12.3. The molecule has 2 rings (SSSR count). The topological polar surface area (TPSA) is 73.9 Å². The van der Waals surface area contributed by atoms with Crippen LogP contribution in [0.5, 0.6) is 11.5 Å². The van der Waals surface area contributed by atoms with Gasteiger partial charge in [-0.1, -0.05) is 19.3 Å². The van der Waals surface area contributed by atoms with E-state index in [0.29, 0.717) is 36.1 Å². The molecular weight excluding hydrogens is 334 g/mol. The van der Waals surface area contributed by atoms with E-state index in [0.717, 1.165) is 12.8 Å². The molecule has 1 atom stereocenters. The standard InChI is InChI=1S/C20H29NO5/c1-4-25-18-12-16(10-11-17(18)24-3)20(23)26-14(2)19(22)21-13-15-8-6-5-7-9-15/h10-12,14-15H,4-9,13H2,1-3H3,(H,21,22)/t14-/m0/s1. The lowest BCUT2D eigenvalue weighted by Crippen LogP contribution is -2.38. The zero-order chi connectivity index (χ0) is 18.9. The molecule has 0 heterocycles. The van der Waals surface area contributed by atoms with Crippen LogP contribution < -0.4 is 14.8 Å². The Morgan fingerprint density at radius 3 is 2.58 bits per heavy atom. The van der Waals surface area contributed by atoms with Crippen molar-refractivity contribution in [2.45, 2.75) is 52.1 Å². The number of esters is 1. The lowest BCUT2D eigenvalue weighted by atomic mass is 9.89. The highest BCUT2D eigenvalue weighted by Crippen LogP contribution is 2.28. The first-order chi connectivity index (χ1) is 12.5. The molecule has 1 aliphatic carbocycles. The van der Waals surface area contributed by atoms with Gasteiger partial charge in [0.05, 0.1) is 19.3 Å². The van der Waals surface area contributed by atoms with Crippen LogP contribution in [0.15, 0.2) is 18.2 Å². The monoisotopic (exact) mass is 363 g/mol. The molecule has 26 heavy (non-hydrogen) atoms.